The van der Waals surface area contributed by atoms with Gasteiger partial charge in [0.2, 0.25) is 0 Å². The summed E-state index contributed by atoms with van der Waals surface area (Å²) < 4.78 is 11.6. The standard InChI is InChI=1S/C29H30N4O4/c1-3-20-5-4-6-21-13-22(34)14-23(26(20)21)27(35)33-15-24-19(2)30-28(31-25(24)16-33)37-18-29(7-8-29)17-32-9-11-36-12-10-32/h1,4-6,13-14,34H,7-12,15-18H2,2H3. The van der Waals surface area contributed by atoms with Crippen molar-refractivity contribution in [3.05, 3.63) is 58.4 Å². The fourth-order valence-electron chi connectivity index (χ4n) is 5.45. The lowest BCUT2D eigenvalue weighted by atomic mass is 9.98. The van der Waals surface area contributed by atoms with Crippen molar-refractivity contribution < 1.29 is 19.4 Å². The highest BCUT2D eigenvalue weighted by Crippen LogP contribution is 2.46. The van der Waals surface area contributed by atoms with Crippen molar-refractivity contribution in [2.45, 2.75) is 32.9 Å². The maximum atomic E-state index is 13.7. The molecule has 8 nitrogen and oxygen atoms in total. The molecule has 1 aromatic heterocycles. The number of aromatic nitrogens is 2. The van der Waals surface area contributed by atoms with Crippen LogP contribution in [0, 0.1) is 24.7 Å². The van der Waals surface area contributed by atoms with E-state index in [9.17, 15) is 9.90 Å². The summed E-state index contributed by atoms with van der Waals surface area (Å²) in [5.74, 6) is 2.49. The van der Waals surface area contributed by atoms with Crippen LogP contribution in [0.15, 0.2) is 30.3 Å². The van der Waals surface area contributed by atoms with E-state index in [4.69, 9.17) is 15.9 Å². The molecule has 0 unspecified atom stereocenters. The van der Waals surface area contributed by atoms with E-state index < -0.39 is 0 Å². The normalized spacial score (nSPS) is 18.4. The number of phenols is 1. The Labute approximate surface area is 216 Å². The molecule has 0 radical (unpaired) electrons. The molecule has 3 aliphatic rings. The van der Waals surface area contributed by atoms with Gasteiger partial charge in [0.25, 0.3) is 5.91 Å². The number of carbonyl (C=O) groups is 1. The summed E-state index contributed by atoms with van der Waals surface area (Å²) >= 11 is 0. The van der Waals surface area contributed by atoms with Crippen molar-refractivity contribution >= 4 is 16.7 Å². The number of terminal acetylenes is 1. The van der Waals surface area contributed by atoms with Gasteiger partial charge >= 0.3 is 6.01 Å². The van der Waals surface area contributed by atoms with E-state index >= 15 is 0 Å². The summed E-state index contributed by atoms with van der Waals surface area (Å²) in [6.45, 7) is 7.81. The molecule has 0 bridgehead atoms. The molecule has 8 heteroatoms. The molecule has 1 N–H and O–H groups in total. The van der Waals surface area contributed by atoms with Crippen LogP contribution in [-0.2, 0) is 17.8 Å². The summed E-state index contributed by atoms with van der Waals surface area (Å²) in [5.41, 5.74) is 3.74. The van der Waals surface area contributed by atoms with Gasteiger partial charge in [0.05, 0.1) is 44.2 Å². The zero-order chi connectivity index (χ0) is 25.6. The van der Waals surface area contributed by atoms with E-state index in [-0.39, 0.29) is 17.1 Å². The van der Waals surface area contributed by atoms with E-state index in [1.807, 2.05) is 19.1 Å². The molecule has 1 amide bonds. The molecule has 6 rings (SSSR count). The summed E-state index contributed by atoms with van der Waals surface area (Å²) in [7, 11) is 0. The van der Waals surface area contributed by atoms with E-state index in [0.717, 1.165) is 68.0 Å². The predicted octanol–water partition coefficient (Wildman–Crippen LogP) is 3.27. The maximum Gasteiger partial charge on any atom is 0.316 e. The fraction of sp³-hybridized carbons (Fsp3) is 0.414. The molecule has 37 heavy (non-hydrogen) atoms. The Morgan fingerprint density at radius 2 is 2.03 bits per heavy atom. The van der Waals surface area contributed by atoms with Crippen molar-refractivity contribution in [2.24, 2.45) is 5.41 Å². The summed E-state index contributed by atoms with van der Waals surface area (Å²) in [6, 6.07) is 8.96. The average Bonchev–Trinajstić information content (AvgIpc) is 3.52. The Hall–Kier alpha value is -3.67. The van der Waals surface area contributed by atoms with Gasteiger partial charge in [0, 0.05) is 47.3 Å². The fourth-order valence-corrected chi connectivity index (χ4v) is 5.45. The third-order valence-electron chi connectivity index (χ3n) is 7.73. The second kappa shape index (κ2) is 9.33. The minimum absolute atomic E-state index is 0.0273. The van der Waals surface area contributed by atoms with E-state index in [0.29, 0.717) is 42.2 Å². The van der Waals surface area contributed by atoms with Gasteiger partial charge in [-0.1, -0.05) is 18.1 Å². The van der Waals surface area contributed by atoms with Crippen LogP contribution in [0.5, 0.6) is 11.8 Å². The minimum atomic E-state index is -0.203. The topological polar surface area (TPSA) is 88.0 Å². The van der Waals surface area contributed by atoms with Crippen LogP contribution in [-0.4, -0.2) is 70.2 Å². The Morgan fingerprint density at radius 3 is 2.78 bits per heavy atom. The lowest BCUT2D eigenvalue weighted by Gasteiger charge is -2.30. The van der Waals surface area contributed by atoms with Crippen LogP contribution in [0.4, 0.5) is 0 Å². The molecule has 0 atom stereocenters. The first kappa shape index (κ1) is 23.7. The van der Waals surface area contributed by atoms with Crippen molar-refractivity contribution in [1.29, 1.82) is 0 Å². The number of benzene rings is 2. The van der Waals surface area contributed by atoms with Crippen LogP contribution in [0.2, 0.25) is 0 Å². The SMILES string of the molecule is C#Cc1cccc2cc(O)cc(C(=O)N3Cc4nc(OCC5(CN6CCOCC6)CC5)nc(C)c4C3)c12. The van der Waals surface area contributed by atoms with Crippen LogP contribution >= 0.6 is 0 Å². The zero-order valence-corrected chi connectivity index (χ0v) is 21.0. The van der Waals surface area contributed by atoms with Crippen LogP contribution < -0.4 is 4.74 Å². The quantitative estimate of drug-likeness (QED) is 0.522. The highest BCUT2D eigenvalue weighted by molar-refractivity contribution is 6.09. The van der Waals surface area contributed by atoms with Gasteiger partial charge in [0.15, 0.2) is 0 Å². The lowest BCUT2D eigenvalue weighted by molar-refractivity contribution is 0.0231. The van der Waals surface area contributed by atoms with Gasteiger partial charge in [-0.05, 0) is 43.4 Å². The molecular weight excluding hydrogens is 468 g/mol. The van der Waals surface area contributed by atoms with Crippen LogP contribution in [0.25, 0.3) is 10.8 Å². The number of carbonyl (C=O) groups excluding carboxylic acids is 1. The van der Waals surface area contributed by atoms with E-state index in [1.54, 1.807) is 17.0 Å². The van der Waals surface area contributed by atoms with E-state index in [1.165, 1.54) is 6.07 Å². The second-order valence-electron chi connectivity index (χ2n) is 10.4. The molecule has 2 aromatic carbocycles. The third-order valence-corrected chi connectivity index (χ3v) is 7.73. The summed E-state index contributed by atoms with van der Waals surface area (Å²) in [4.78, 5) is 27.1. The number of amides is 1. The first-order valence-electron chi connectivity index (χ1n) is 12.8. The number of fused-ring (bicyclic) bond motifs is 2. The van der Waals surface area contributed by atoms with Crippen molar-refractivity contribution in [1.82, 2.24) is 19.8 Å². The number of aromatic hydroxyl groups is 1. The molecule has 3 heterocycles. The number of hydrogen-bond donors (Lipinski definition) is 1. The Kier molecular flexibility index (Phi) is 5.98. The van der Waals surface area contributed by atoms with Gasteiger partial charge < -0.3 is 19.5 Å². The molecule has 2 aliphatic heterocycles. The number of nitrogens with zero attached hydrogens (tertiary/aromatic N) is 4. The number of rotatable bonds is 6. The molecule has 190 valence electrons. The Bertz CT molecular complexity index is 1420. The Balaban J connectivity index is 1.19. The number of morpholine rings is 1. The zero-order valence-electron chi connectivity index (χ0n) is 21.0. The second-order valence-corrected chi connectivity index (χ2v) is 10.4. The van der Waals surface area contributed by atoms with Crippen molar-refractivity contribution in [2.75, 3.05) is 39.5 Å². The summed E-state index contributed by atoms with van der Waals surface area (Å²) in [5, 5.41) is 11.7. The molecule has 0 spiro atoms. The molecular formula is C29H30N4O4. The molecule has 3 aromatic rings. The monoisotopic (exact) mass is 498 g/mol. The molecule has 1 saturated carbocycles. The third kappa shape index (κ3) is 4.61. The molecule has 2 fully saturated rings. The minimum Gasteiger partial charge on any atom is -0.508 e. The molecule has 1 saturated heterocycles. The van der Waals surface area contributed by atoms with Crippen LogP contribution in [0.3, 0.4) is 0 Å². The smallest absolute Gasteiger partial charge is 0.316 e. The van der Waals surface area contributed by atoms with Gasteiger partial charge in [-0.3, -0.25) is 9.69 Å². The number of ether oxygens (including phenoxy) is 2. The number of phenolic OH excluding ortho intramolecular Hbond substituents is 1. The number of aryl methyl sites for hydroxylation is 1. The predicted molar refractivity (Wildman–Crippen MR) is 138 cm³/mol. The van der Waals surface area contributed by atoms with Gasteiger partial charge in [0.1, 0.15) is 5.75 Å². The maximum absolute atomic E-state index is 13.7. The summed E-state index contributed by atoms with van der Waals surface area (Å²) in [6.07, 6.45) is 8.01. The van der Waals surface area contributed by atoms with Crippen molar-refractivity contribution in [3.8, 4) is 24.1 Å². The first-order valence-corrected chi connectivity index (χ1v) is 12.8. The largest absolute Gasteiger partial charge is 0.508 e. The lowest BCUT2D eigenvalue weighted by Crippen LogP contribution is -2.41. The average molecular weight is 499 g/mol. The van der Waals surface area contributed by atoms with Gasteiger partial charge in [-0.25, -0.2) is 4.98 Å². The van der Waals surface area contributed by atoms with Gasteiger partial charge in [-0.2, -0.15) is 4.98 Å². The highest BCUT2D eigenvalue weighted by atomic mass is 16.5. The Morgan fingerprint density at radius 1 is 1.22 bits per heavy atom. The first-order chi connectivity index (χ1) is 17.9. The highest BCUT2D eigenvalue weighted by Gasteiger charge is 2.45. The molecule has 1 aliphatic carbocycles. The van der Waals surface area contributed by atoms with E-state index in [2.05, 4.69) is 20.8 Å². The number of hydrogen-bond acceptors (Lipinski definition) is 7. The van der Waals surface area contributed by atoms with Crippen molar-refractivity contribution in [3.63, 3.8) is 0 Å². The van der Waals surface area contributed by atoms with Crippen LogP contribution in [0.1, 0.15) is 45.7 Å². The van der Waals surface area contributed by atoms with Gasteiger partial charge in [-0.15, -0.1) is 6.42 Å².